The van der Waals surface area contributed by atoms with Gasteiger partial charge in [-0.15, -0.1) is 0 Å². The van der Waals surface area contributed by atoms with Crippen LogP contribution in [0.1, 0.15) is 52.7 Å². The molecule has 1 atom stereocenters. The Bertz CT molecular complexity index is 392. The second-order valence-corrected chi connectivity index (χ2v) is 5.65. The zero-order valence-corrected chi connectivity index (χ0v) is 11.7. The smallest absolute Gasteiger partial charge is 0.242 e. The Hall–Kier alpha value is -1.36. The Labute approximate surface area is 109 Å². The van der Waals surface area contributed by atoms with Crippen molar-refractivity contribution < 1.29 is 4.79 Å². The van der Waals surface area contributed by atoms with Crippen molar-refractivity contribution in [1.29, 1.82) is 0 Å². The predicted octanol–water partition coefficient (Wildman–Crippen LogP) is 2.16. The van der Waals surface area contributed by atoms with Crippen LogP contribution in [0.5, 0.6) is 0 Å². The summed E-state index contributed by atoms with van der Waals surface area (Å²) in [6.45, 7) is 8.32. The summed E-state index contributed by atoms with van der Waals surface area (Å²) in [7, 11) is 0. The summed E-state index contributed by atoms with van der Waals surface area (Å²) in [4.78, 5) is 11.8. The number of nitrogens with one attached hydrogen (secondary N) is 2. The maximum Gasteiger partial charge on any atom is 0.242 e. The molecular weight excluding hydrogens is 228 g/mol. The number of rotatable bonds is 5. The van der Waals surface area contributed by atoms with Gasteiger partial charge in [0, 0.05) is 17.2 Å². The quantitative estimate of drug-likeness (QED) is 0.751. The van der Waals surface area contributed by atoms with Gasteiger partial charge < -0.3 is 11.1 Å². The van der Waals surface area contributed by atoms with Gasteiger partial charge in [0.15, 0.2) is 5.82 Å². The minimum Gasteiger partial charge on any atom is -0.320 e. The van der Waals surface area contributed by atoms with Gasteiger partial charge in [0.1, 0.15) is 0 Å². The molecule has 4 N–H and O–H groups in total. The van der Waals surface area contributed by atoms with Gasteiger partial charge in [-0.05, 0) is 6.42 Å². The number of carbonyl (C=O) groups is 1. The van der Waals surface area contributed by atoms with Crippen molar-refractivity contribution in [2.45, 2.75) is 58.4 Å². The molecule has 0 spiro atoms. The SMILES string of the molecule is CCCCC(N)C(=O)Nc1cc(C(C)(C)C)[nH]n1. The molecule has 1 rings (SSSR count). The third-order valence-electron chi connectivity index (χ3n) is 2.84. The van der Waals surface area contributed by atoms with Crippen molar-refractivity contribution in [3.05, 3.63) is 11.8 Å². The highest BCUT2D eigenvalue weighted by Gasteiger charge is 2.19. The summed E-state index contributed by atoms with van der Waals surface area (Å²) in [5.41, 5.74) is 6.77. The summed E-state index contributed by atoms with van der Waals surface area (Å²) < 4.78 is 0. The number of aromatic amines is 1. The van der Waals surface area contributed by atoms with Crippen LogP contribution in [0.4, 0.5) is 5.82 Å². The summed E-state index contributed by atoms with van der Waals surface area (Å²) >= 11 is 0. The van der Waals surface area contributed by atoms with Crippen molar-refractivity contribution in [3.63, 3.8) is 0 Å². The minimum absolute atomic E-state index is 0.0136. The van der Waals surface area contributed by atoms with Gasteiger partial charge in [0.2, 0.25) is 5.91 Å². The third-order valence-corrected chi connectivity index (χ3v) is 2.84. The van der Waals surface area contributed by atoms with E-state index in [4.69, 9.17) is 5.73 Å². The molecule has 5 heteroatoms. The summed E-state index contributed by atoms with van der Waals surface area (Å²) in [6.07, 6.45) is 2.71. The lowest BCUT2D eigenvalue weighted by Gasteiger charge is -2.14. The van der Waals surface area contributed by atoms with E-state index >= 15 is 0 Å². The van der Waals surface area contributed by atoms with Crippen LogP contribution in [-0.2, 0) is 10.2 Å². The summed E-state index contributed by atoms with van der Waals surface area (Å²) in [6, 6.07) is 1.39. The first-order valence-corrected chi connectivity index (χ1v) is 6.47. The number of amides is 1. The highest BCUT2D eigenvalue weighted by atomic mass is 16.2. The van der Waals surface area contributed by atoms with E-state index in [-0.39, 0.29) is 11.3 Å². The van der Waals surface area contributed by atoms with Crippen LogP contribution >= 0.6 is 0 Å². The van der Waals surface area contributed by atoms with Crippen LogP contribution in [0.2, 0.25) is 0 Å². The Balaban J connectivity index is 2.57. The van der Waals surface area contributed by atoms with E-state index in [1.165, 1.54) is 0 Å². The van der Waals surface area contributed by atoms with Crippen molar-refractivity contribution in [2.75, 3.05) is 5.32 Å². The molecule has 0 bridgehead atoms. The number of carbonyl (C=O) groups excluding carboxylic acids is 1. The van der Waals surface area contributed by atoms with E-state index in [0.717, 1.165) is 18.5 Å². The zero-order valence-electron chi connectivity index (χ0n) is 11.7. The molecule has 1 unspecified atom stereocenters. The molecule has 0 fully saturated rings. The van der Waals surface area contributed by atoms with Gasteiger partial charge in [-0.3, -0.25) is 9.89 Å². The molecule has 0 aliphatic heterocycles. The minimum atomic E-state index is -0.459. The average Bonchev–Trinajstić information content (AvgIpc) is 2.73. The fourth-order valence-corrected chi connectivity index (χ4v) is 1.54. The fourth-order valence-electron chi connectivity index (χ4n) is 1.54. The van der Waals surface area contributed by atoms with Crippen LogP contribution in [-0.4, -0.2) is 22.1 Å². The molecule has 1 amide bonds. The highest BCUT2D eigenvalue weighted by molar-refractivity contribution is 5.93. The lowest BCUT2D eigenvalue weighted by Crippen LogP contribution is -2.35. The zero-order chi connectivity index (χ0) is 13.8. The van der Waals surface area contributed by atoms with E-state index in [9.17, 15) is 4.79 Å². The molecule has 1 aromatic rings. The van der Waals surface area contributed by atoms with Crippen molar-refractivity contribution >= 4 is 11.7 Å². The predicted molar refractivity (Wildman–Crippen MR) is 73.4 cm³/mol. The van der Waals surface area contributed by atoms with Gasteiger partial charge in [0.05, 0.1) is 6.04 Å². The van der Waals surface area contributed by atoms with E-state index in [2.05, 4.69) is 43.2 Å². The van der Waals surface area contributed by atoms with Crippen LogP contribution in [0.3, 0.4) is 0 Å². The normalized spacial score (nSPS) is 13.4. The van der Waals surface area contributed by atoms with Crippen LogP contribution < -0.4 is 11.1 Å². The maximum atomic E-state index is 11.8. The van der Waals surface area contributed by atoms with Gasteiger partial charge in [-0.1, -0.05) is 40.5 Å². The standard InChI is InChI=1S/C13H24N4O/c1-5-6-7-9(14)12(18)15-11-8-10(16-17-11)13(2,3)4/h8-9H,5-7,14H2,1-4H3,(H2,15,16,17,18). The molecule has 18 heavy (non-hydrogen) atoms. The number of hydrogen-bond donors (Lipinski definition) is 3. The molecule has 0 radical (unpaired) electrons. The maximum absolute atomic E-state index is 11.8. The number of hydrogen-bond acceptors (Lipinski definition) is 3. The van der Waals surface area contributed by atoms with Gasteiger partial charge in [-0.2, -0.15) is 5.10 Å². The Kier molecular flexibility index (Phi) is 4.90. The van der Waals surface area contributed by atoms with Gasteiger partial charge in [-0.25, -0.2) is 0 Å². The first-order valence-electron chi connectivity index (χ1n) is 6.47. The number of aromatic nitrogens is 2. The topological polar surface area (TPSA) is 83.8 Å². The second-order valence-electron chi connectivity index (χ2n) is 5.65. The summed E-state index contributed by atoms with van der Waals surface area (Å²) in [5, 5.41) is 9.74. The molecule has 5 nitrogen and oxygen atoms in total. The second kappa shape index (κ2) is 6.00. The van der Waals surface area contributed by atoms with Crippen LogP contribution in [0, 0.1) is 0 Å². The van der Waals surface area contributed by atoms with E-state index in [1.54, 1.807) is 0 Å². The lowest BCUT2D eigenvalue weighted by atomic mass is 9.92. The van der Waals surface area contributed by atoms with E-state index in [1.807, 2.05) is 6.07 Å². The Morgan fingerprint density at radius 3 is 2.72 bits per heavy atom. The number of nitrogens with two attached hydrogens (primary N) is 1. The lowest BCUT2D eigenvalue weighted by molar-refractivity contribution is -0.117. The number of anilines is 1. The van der Waals surface area contributed by atoms with E-state index in [0.29, 0.717) is 12.2 Å². The monoisotopic (exact) mass is 252 g/mol. The molecule has 0 saturated heterocycles. The Morgan fingerprint density at radius 1 is 1.56 bits per heavy atom. The molecule has 1 aromatic heterocycles. The first kappa shape index (κ1) is 14.7. The summed E-state index contributed by atoms with van der Waals surface area (Å²) in [5.74, 6) is 0.368. The molecule has 102 valence electrons. The molecular formula is C13H24N4O. The molecule has 1 heterocycles. The number of nitrogens with zero attached hydrogens (tertiary/aromatic N) is 1. The molecule has 0 saturated carbocycles. The third kappa shape index (κ3) is 4.14. The van der Waals surface area contributed by atoms with E-state index < -0.39 is 6.04 Å². The highest BCUT2D eigenvalue weighted by Crippen LogP contribution is 2.21. The van der Waals surface area contributed by atoms with Crippen LogP contribution in [0.15, 0.2) is 6.07 Å². The average molecular weight is 252 g/mol. The molecule has 0 aliphatic rings. The fraction of sp³-hybridized carbons (Fsp3) is 0.692. The molecule has 0 aromatic carbocycles. The van der Waals surface area contributed by atoms with Gasteiger partial charge in [0.25, 0.3) is 0 Å². The first-order chi connectivity index (χ1) is 8.34. The van der Waals surface area contributed by atoms with Gasteiger partial charge >= 0.3 is 0 Å². The number of unbranched alkanes of at least 4 members (excludes halogenated alkanes) is 1. The van der Waals surface area contributed by atoms with Crippen molar-refractivity contribution in [2.24, 2.45) is 5.73 Å². The Morgan fingerprint density at radius 2 is 2.22 bits per heavy atom. The largest absolute Gasteiger partial charge is 0.320 e. The van der Waals surface area contributed by atoms with Crippen molar-refractivity contribution in [3.8, 4) is 0 Å². The van der Waals surface area contributed by atoms with Crippen LogP contribution in [0.25, 0.3) is 0 Å². The number of H-pyrrole nitrogens is 1. The van der Waals surface area contributed by atoms with Crippen molar-refractivity contribution in [1.82, 2.24) is 10.2 Å². The molecule has 0 aliphatic carbocycles.